The molecule has 0 saturated carbocycles. The molecule has 0 aromatic carbocycles. The fraction of sp³-hybridized carbons (Fsp3) is 0.455. The number of nitrogens with one attached hydrogen (secondary N) is 1. The second kappa shape index (κ2) is 6.70. The maximum absolute atomic E-state index is 9.26. The zero-order valence-electron chi connectivity index (χ0n) is 8.85. The maximum Gasteiger partial charge on any atom is 0.112 e. The minimum atomic E-state index is -0.403. The van der Waals surface area contributed by atoms with Gasteiger partial charge in [0.25, 0.3) is 0 Å². The summed E-state index contributed by atoms with van der Waals surface area (Å²) in [7, 11) is 0. The van der Waals surface area contributed by atoms with E-state index in [0.29, 0.717) is 0 Å². The summed E-state index contributed by atoms with van der Waals surface area (Å²) < 4.78 is 0. The third kappa shape index (κ3) is 2.85. The monoisotopic (exact) mass is 259 g/mol. The molecular weight excluding hydrogens is 245 g/mol. The summed E-state index contributed by atoms with van der Waals surface area (Å²) >= 11 is 0. The summed E-state index contributed by atoms with van der Waals surface area (Å²) in [5.41, 5.74) is 0.495. The lowest BCUT2D eigenvalue weighted by atomic mass is 9.79. The number of hydrogen-bond acceptors (Lipinski definition) is 3. The Balaban J connectivity index is 0.00000112. The molecule has 2 heterocycles. The van der Waals surface area contributed by atoms with E-state index >= 15 is 0 Å². The summed E-state index contributed by atoms with van der Waals surface area (Å²) in [4.78, 5) is 4.28. The van der Waals surface area contributed by atoms with Gasteiger partial charge in [-0.15, -0.1) is 24.8 Å². The minimum Gasteiger partial charge on any atom is -0.315 e. The van der Waals surface area contributed by atoms with E-state index in [1.807, 2.05) is 18.2 Å². The summed E-state index contributed by atoms with van der Waals surface area (Å²) in [5.74, 6) is 0. The molecule has 1 atom stereocenters. The topological polar surface area (TPSA) is 48.7 Å². The predicted molar refractivity (Wildman–Crippen MR) is 68.1 cm³/mol. The first-order valence-electron chi connectivity index (χ1n) is 4.91. The number of piperidine rings is 1. The lowest BCUT2D eigenvalue weighted by Crippen LogP contribution is -2.42. The number of nitriles is 1. The van der Waals surface area contributed by atoms with E-state index in [1.165, 1.54) is 0 Å². The smallest absolute Gasteiger partial charge is 0.112 e. The zero-order valence-corrected chi connectivity index (χ0v) is 10.5. The lowest BCUT2D eigenvalue weighted by Gasteiger charge is -2.30. The molecule has 0 aliphatic carbocycles. The van der Waals surface area contributed by atoms with Gasteiger partial charge in [0.05, 0.1) is 11.8 Å². The molecule has 1 saturated heterocycles. The fourth-order valence-corrected chi connectivity index (χ4v) is 1.92. The van der Waals surface area contributed by atoms with Crippen LogP contribution in [0.15, 0.2) is 24.4 Å². The van der Waals surface area contributed by atoms with Gasteiger partial charge in [0, 0.05) is 12.7 Å². The molecule has 0 bridgehead atoms. The average molecular weight is 260 g/mol. The number of aromatic nitrogens is 1. The van der Waals surface area contributed by atoms with E-state index in [4.69, 9.17) is 0 Å². The molecule has 1 aromatic rings. The minimum absolute atomic E-state index is 0. The van der Waals surface area contributed by atoms with E-state index < -0.39 is 5.41 Å². The molecule has 5 heteroatoms. The number of hydrogen-bond donors (Lipinski definition) is 1. The van der Waals surface area contributed by atoms with Crippen LogP contribution in [0.1, 0.15) is 18.5 Å². The predicted octanol–water partition coefficient (Wildman–Crippen LogP) is 2.07. The van der Waals surface area contributed by atoms with Gasteiger partial charge in [-0.3, -0.25) is 4.98 Å². The quantitative estimate of drug-likeness (QED) is 0.840. The van der Waals surface area contributed by atoms with Crippen molar-refractivity contribution in [3.05, 3.63) is 30.1 Å². The maximum atomic E-state index is 9.26. The molecular formula is C11H15Cl2N3. The number of nitrogens with zero attached hydrogens (tertiary/aromatic N) is 2. The van der Waals surface area contributed by atoms with Crippen molar-refractivity contribution in [2.45, 2.75) is 18.3 Å². The molecule has 2 rings (SSSR count). The third-order valence-electron chi connectivity index (χ3n) is 2.75. The van der Waals surface area contributed by atoms with Gasteiger partial charge in [0.2, 0.25) is 0 Å². The van der Waals surface area contributed by atoms with E-state index in [2.05, 4.69) is 16.4 Å². The highest BCUT2D eigenvalue weighted by atomic mass is 35.5. The first kappa shape index (κ1) is 15.2. The van der Waals surface area contributed by atoms with E-state index in [0.717, 1.165) is 31.6 Å². The lowest BCUT2D eigenvalue weighted by molar-refractivity contribution is 0.378. The average Bonchev–Trinajstić information content (AvgIpc) is 2.31. The van der Waals surface area contributed by atoms with Crippen LogP contribution in [0.2, 0.25) is 0 Å². The van der Waals surface area contributed by atoms with Crippen LogP contribution in [0.3, 0.4) is 0 Å². The van der Waals surface area contributed by atoms with Gasteiger partial charge >= 0.3 is 0 Å². The van der Waals surface area contributed by atoms with Crippen LogP contribution in [0, 0.1) is 11.3 Å². The molecule has 1 aromatic heterocycles. The highest BCUT2D eigenvalue weighted by Gasteiger charge is 2.35. The molecule has 1 aliphatic heterocycles. The number of pyridine rings is 1. The zero-order chi connectivity index (χ0) is 9.86. The Labute approximate surface area is 108 Å². The van der Waals surface area contributed by atoms with E-state index in [9.17, 15) is 5.26 Å². The molecule has 1 fully saturated rings. The van der Waals surface area contributed by atoms with E-state index in [1.54, 1.807) is 6.20 Å². The Bertz CT molecular complexity index is 342. The SMILES string of the molecule is Cl.Cl.N#CC1(c2ccccn2)CCCNC1. The largest absolute Gasteiger partial charge is 0.315 e. The Hall–Kier alpha value is -0.820. The molecule has 0 radical (unpaired) electrons. The fourth-order valence-electron chi connectivity index (χ4n) is 1.92. The second-order valence-corrected chi connectivity index (χ2v) is 3.69. The molecule has 0 amide bonds. The normalized spacial score (nSPS) is 23.4. The molecule has 3 nitrogen and oxygen atoms in total. The van der Waals surface area contributed by atoms with Crippen molar-refractivity contribution < 1.29 is 0 Å². The van der Waals surface area contributed by atoms with Gasteiger partial charge in [0.15, 0.2) is 0 Å². The highest BCUT2D eigenvalue weighted by Crippen LogP contribution is 2.28. The first-order valence-corrected chi connectivity index (χ1v) is 4.91. The molecule has 1 aliphatic rings. The summed E-state index contributed by atoms with van der Waals surface area (Å²) in [6.07, 6.45) is 3.71. The highest BCUT2D eigenvalue weighted by molar-refractivity contribution is 5.85. The van der Waals surface area contributed by atoms with Crippen LogP contribution >= 0.6 is 24.8 Å². The molecule has 1 N–H and O–H groups in total. The van der Waals surface area contributed by atoms with Gasteiger partial charge in [-0.25, -0.2) is 0 Å². The third-order valence-corrected chi connectivity index (χ3v) is 2.75. The van der Waals surface area contributed by atoms with Crippen LogP contribution < -0.4 is 5.32 Å². The van der Waals surface area contributed by atoms with Crippen LogP contribution in [0.5, 0.6) is 0 Å². The van der Waals surface area contributed by atoms with Crippen LogP contribution in [-0.4, -0.2) is 18.1 Å². The summed E-state index contributed by atoms with van der Waals surface area (Å²) in [6, 6.07) is 8.17. The molecule has 88 valence electrons. The standard InChI is InChI=1S/C11H13N3.2ClH/c12-8-11(5-3-6-13-9-11)10-4-1-2-7-14-10;;/h1-2,4,7,13H,3,5-6,9H2;2*1H. The molecule has 1 unspecified atom stereocenters. The van der Waals surface area contributed by atoms with Gasteiger partial charge in [-0.2, -0.15) is 5.26 Å². The molecule has 16 heavy (non-hydrogen) atoms. The summed E-state index contributed by atoms with van der Waals surface area (Å²) in [6.45, 7) is 1.73. The van der Waals surface area contributed by atoms with Crippen molar-refractivity contribution >= 4 is 24.8 Å². The number of halogens is 2. The Morgan fingerprint density at radius 1 is 1.38 bits per heavy atom. The summed E-state index contributed by atoms with van der Waals surface area (Å²) in [5, 5.41) is 12.5. The van der Waals surface area contributed by atoms with Crippen LogP contribution in [0.4, 0.5) is 0 Å². The Kier molecular flexibility index (Phi) is 6.35. The van der Waals surface area contributed by atoms with Crippen molar-refractivity contribution in [1.29, 1.82) is 5.26 Å². The Morgan fingerprint density at radius 3 is 2.69 bits per heavy atom. The van der Waals surface area contributed by atoms with Gasteiger partial charge in [0.1, 0.15) is 5.41 Å². The second-order valence-electron chi connectivity index (χ2n) is 3.69. The molecule has 0 spiro atoms. The van der Waals surface area contributed by atoms with Crippen LogP contribution in [0.25, 0.3) is 0 Å². The van der Waals surface area contributed by atoms with E-state index in [-0.39, 0.29) is 24.8 Å². The van der Waals surface area contributed by atoms with Gasteiger partial charge in [-0.05, 0) is 31.5 Å². The van der Waals surface area contributed by atoms with Crippen molar-refractivity contribution in [2.24, 2.45) is 0 Å². The van der Waals surface area contributed by atoms with Gasteiger partial charge < -0.3 is 5.32 Å². The van der Waals surface area contributed by atoms with Crippen molar-refractivity contribution in [1.82, 2.24) is 10.3 Å². The first-order chi connectivity index (χ1) is 6.87. The van der Waals surface area contributed by atoms with Crippen molar-refractivity contribution in [3.8, 4) is 6.07 Å². The van der Waals surface area contributed by atoms with Gasteiger partial charge in [-0.1, -0.05) is 6.07 Å². The Morgan fingerprint density at radius 2 is 2.19 bits per heavy atom. The van der Waals surface area contributed by atoms with Crippen LogP contribution in [-0.2, 0) is 5.41 Å². The number of rotatable bonds is 1. The van der Waals surface area contributed by atoms with Crippen molar-refractivity contribution in [2.75, 3.05) is 13.1 Å². The van der Waals surface area contributed by atoms with Crippen molar-refractivity contribution in [3.63, 3.8) is 0 Å².